The van der Waals surface area contributed by atoms with Gasteiger partial charge in [-0.05, 0) is 66.6 Å². The molecule has 0 aliphatic heterocycles. The van der Waals surface area contributed by atoms with E-state index in [1.165, 1.54) is 0 Å². The molecule has 4 aromatic rings. The number of ether oxygens (including phenoxy) is 1. The third kappa shape index (κ3) is 6.16. The second-order valence-corrected chi connectivity index (χ2v) is 9.20. The Bertz CT molecular complexity index is 1290. The van der Waals surface area contributed by atoms with Crippen molar-refractivity contribution in [1.82, 2.24) is 9.78 Å². The zero-order valence-corrected chi connectivity index (χ0v) is 20.8. The van der Waals surface area contributed by atoms with Crippen molar-refractivity contribution in [1.29, 1.82) is 0 Å². The largest absolute Gasteiger partial charge is 0.489 e. The molecule has 0 bridgehead atoms. The Hall–Kier alpha value is -2.80. The predicted molar refractivity (Wildman–Crippen MR) is 135 cm³/mol. The molecule has 0 radical (unpaired) electrons. The Morgan fingerprint density at radius 3 is 2.55 bits per heavy atom. The molecule has 0 aliphatic rings. The Kier molecular flexibility index (Phi) is 7.38. The summed E-state index contributed by atoms with van der Waals surface area (Å²) in [7, 11) is 0. The van der Waals surface area contributed by atoms with Crippen LogP contribution in [-0.2, 0) is 13.2 Å². The van der Waals surface area contributed by atoms with Crippen LogP contribution in [0.25, 0.3) is 0 Å². The summed E-state index contributed by atoms with van der Waals surface area (Å²) in [5.74, 6) is 1.00. The quantitative estimate of drug-likeness (QED) is 0.269. The average molecular weight is 545 g/mol. The molecule has 8 heteroatoms. The number of hydrogen-bond acceptors (Lipinski definition) is 3. The number of aryl methyl sites for hydroxylation is 1. The molecule has 3 aromatic carbocycles. The molecule has 1 amide bonds. The van der Waals surface area contributed by atoms with Gasteiger partial charge in [0.05, 0.1) is 16.6 Å². The number of carbonyl (C=O) groups is 1. The topological polar surface area (TPSA) is 56.1 Å². The fraction of sp³-hybridized carbons (Fsp3) is 0.120. The maximum absolute atomic E-state index is 12.8. The van der Waals surface area contributed by atoms with E-state index in [4.69, 9.17) is 27.9 Å². The lowest BCUT2D eigenvalue weighted by atomic mass is 10.1. The summed E-state index contributed by atoms with van der Waals surface area (Å²) in [6.07, 6.45) is 0. The lowest BCUT2D eigenvalue weighted by molar-refractivity contribution is 0.102. The van der Waals surface area contributed by atoms with Crippen LogP contribution in [0.3, 0.4) is 0 Å². The van der Waals surface area contributed by atoms with E-state index in [0.717, 1.165) is 27.0 Å². The highest BCUT2D eigenvalue weighted by molar-refractivity contribution is 9.10. The van der Waals surface area contributed by atoms with Gasteiger partial charge < -0.3 is 10.1 Å². The number of benzene rings is 3. The zero-order chi connectivity index (χ0) is 23.4. The highest BCUT2D eigenvalue weighted by atomic mass is 79.9. The van der Waals surface area contributed by atoms with Crippen molar-refractivity contribution in [2.24, 2.45) is 0 Å². The normalized spacial score (nSPS) is 10.8. The highest BCUT2D eigenvalue weighted by Gasteiger charge is 2.12. The molecule has 0 aliphatic carbocycles. The van der Waals surface area contributed by atoms with Crippen molar-refractivity contribution < 1.29 is 9.53 Å². The number of aromatic nitrogens is 2. The Morgan fingerprint density at radius 2 is 1.79 bits per heavy atom. The number of halogens is 3. The average Bonchev–Trinajstić information content (AvgIpc) is 3.14. The van der Waals surface area contributed by atoms with Crippen LogP contribution in [0, 0.1) is 6.92 Å². The summed E-state index contributed by atoms with van der Waals surface area (Å²) in [6.45, 7) is 2.81. The zero-order valence-electron chi connectivity index (χ0n) is 17.7. The summed E-state index contributed by atoms with van der Waals surface area (Å²) < 4.78 is 8.60. The molecular formula is C25H20BrCl2N3O2. The first-order valence-corrected chi connectivity index (χ1v) is 11.7. The number of nitrogens with zero attached hydrogens (tertiary/aromatic N) is 2. The van der Waals surface area contributed by atoms with E-state index in [-0.39, 0.29) is 5.91 Å². The Morgan fingerprint density at radius 1 is 1.00 bits per heavy atom. The minimum Gasteiger partial charge on any atom is -0.489 e. The number of nitrogens with one attached hydrogen (secondary N) is 1. The standard InChI is InChI=1S/C25H20BrCl2N3O2/c1-16-11-24(30-31(16)14-17-5-10-22(27)23(28)13-17)29-25(32)19-4-2-3-18(12-19)15-33-21-8-6-20(26)7-9-21/h2-13H,14-15H2,1H3,(H,29,30,32). The molecule has 0 fully saturated rings. The first-order chi connectivity index (χ1) is 15.9. The van der Waals surface area contributed by atoms with E-state index in [9.17, 15) is 4.79 Å². The van der Waals surface area contributed by atoms with Crippen molar-refractivity contribution in [2.45, 2.75) is 20.1 Å². The molecular weight excluding hydrogens is 525 g/mol. The highest BCUT2D eigenvalue weighted by Crippen LogP contribution is 2.23. The SMILES string of the molecule is Cc1cc(NC(=O)c2cccc(COc3ccc(Br)cc3)c2)nn1Cc1ccc(Cl)c(Cl)c1. The molecule has 168 valence electrons. The van der Waals surface area contributed by atoms with Crippen LogP contribution in [-0.4, -0.2) is 15.7 Å². The maximum atomic E-state index is 12.8. The van der Waals surface area contributed by atoms with E-state index in [2.05, 4.69) is 26.3 Å². The molecule has 0 unspecified atom stereocenters. The molecule has 1 aromatic heterocycles. The van der Waals surface area contributed by atoms with Gasteiger partial charge in [0.1, 0.15) is 12.4 Å². The third-order valence-electron chi connectivity index (χ3n) is 4.95. The molecule has 0 atom stereocenters. The van der Waals surface area contributed by atoms with Crippen molar-refractivity contribution in [3.05, 3.63) is 110 Å². The van der Waals surface area contributed by atoms with Gasteiger partial charge in [-0.25, -0.2) is 0 Å². The minimum absolute atomic E-state index is 0.236. The second kappa shape index (κ2) is 10.4. The van der Waals surface area contributed by atoms with Gasteiger partial charge in [-0.15, -0.1) is 0 Å². The molecule has 33 heavy (non-hydrogen) atoms. The first kappa shape index (κ1) is 23.4. The van der Waals surface area contributed by atoms with Gasteiger partial charge in [0.25, 0.3) is 5.91 Å². The molecule has 0 saturated heterocycles. The minimum atomic E-state index is -0.236. The van der Waals surface area contributed by atoms with Gasteiger partial charge in [0.15, 0.2) is 5.82 Å². The van der Waals surface area contributed by atoms with E-state index < -0.39 is 0 Å². The lowest BCUT2D eigenvalue weighted by Gasteiger charge is -2.08. The predicted octanol–water partition coefficient (Wildman–Crippen LogP) is 7.14. The Balaban J connectivity index is 1.40. The van der Waals surface area contributed by atoms with Crippen LogP contribution in [0.2, 0.25) is 10.0 Å². The summed E-state index contributed by atoms with van der Waals surface area (Å²) in [4.78, 5) is 12.8. The lowest BCUT2D eigenvalue weighted by Crippen LogP contribution is -2.13. The van der Waals surface area contributed by atoms with Gasteiger partial charge in [-0.1, -0.05) is 57.3 Å². The monoisotopic (exact) mass is 543 g/mol. The molecule has 0 spiro atoms. The van der Waals surface area contributed by atoms with Gasteiger partial charge in [-0.3, -0.25) is 9.48 Å². The number of carbonyl (C=O) groups excluding carboxylic acids is 1. The number of rotatable bonds is 7. The van der Waals surface area contributed by atoms with E-state index in [0.29, 0.717) is 34.6 Å². The van der Waals surface area contributed by atoms with Crippen molar-refractivity contribution in [2.75, 3.05) is 5.32 Å². The van der Waals surface area contributed by atoms with Crippen LogP contribution < -0.4 is 10.1 Å². The molecule has 1 heterocycles. The van der Waals surface area contributed by atoms with Gasteiger partial charge >= 0.3 is 0 Å². The van der Waals surface area contributed by atoms with Gasteiger partial charge in [0, 0.05) is 21.8 Å². The fourth-order valence-electron chi connectivity index (χ4n) is 3.23. The summed E-state index contributed by atoms with van der Waals surface area (Å²) in [5.41, 5.74) is 3.30. The van der Waals surface area contributed by atoms with Crippen LogP contribution in [0.1, 0.15) is 27.2 Å². The number of anilines is 1. The molecule has 0 saturated carbocycles. The van der Waals surface area contributed by atoms with Gasteiger partial charge in [0.2, 0.25) is 0 Å². The van der Waals surface area contributed by atoms with Crippen LogP contribution in [0.15, 0.2) is 77.3 Å². The second-order valence-electron chi connectivity index (χ2n) is 7.47. The molecule has 4 rings (SSSR count). The number of hydrogen-bond donors (Lipinski definition) is 1. The molecule has 5 nitrogen and oxygen atoms in total. The summed E-state index contributed by atoms with van der Waals surface area (Å²) in [6, 6.07) is 22.2. The maximum Gasteiger partial charge on any atom is 0.256 e. The van der Waals surface area contributed by atoms with Crippen molar-refractivity contribution in [3.8, 4) is 5.75 Å². The van der Waals surface area contributed by atoms with E-state index in [1.54, 1.807) is 16.8 Å². The van der Waals surface area contributed by atoms with Crippen LogP contribution in [0.4, 0.5) is 5.82 Å². The summed E-state index contributed by atoms with van der Waals surface area (Å²) >= 11 is 15.5. The molecule has 1 N–H and O–H groups in total. The Labute approximate surface area is 210 Å². The third-order valence-corrected chi connectivity index (χ3v) is 6.22. The first-order valence-electron chi connectivity index (χ1n) is 10.1. The fourth-order valence-corrected chi connectivity index (χ4v) is 3.82. The van der Waals surface area contributed by atoms with E-state index >= 15 is 0 Å². The summed E-state index contributed by atoms with van der Waals surface area (Å²) in [5, 5.41) is 8.38. The van der Waals surface area contributed by atoms with E-state index in [1.807, 2.05) is 67.6 Å². The van der Waals surface area contributed by atoms with Crippen molar-refractivity contribution in [3.63, 3.8) is 0 Å². The smallest absolute Gasteiger partial charge is 0.256 e. The number of amides is 1. The van der Waals surface area contributed by atoms with Crippen molar-refractivity contribution >= 4 is 50.9 Å². The van der Waals surface area contributed by atoms with Gasteiger partial charge in [-0.2, -0.15) is 5.10 Å². The van der Waals surface area contributed by atoms with Crippen LogP contribution >= 0.6 is 39.1 Å². The van der Waals surface area contributed by atoms with Crippen LogP contribution in [0.5, 0.6) is 5.75 Å².